The van der Waals surface area contributed by atoms with Crippen molar-refractivity contribution in [3.05, 3.63) is 75.8 Å². The summed E-state index contributed by atoms with van der Waals surface area (Å²) in [6.45, 7) is 4.54. The summed E-state index contributed by atoms with van der Waals surface area (Å²) in [5.41, 5.74) is 4.13. The van der Waals surface area contributed by atoms with Crippen LogP contribution in [-0.2, 0) is 16.4 Å². The van der Waals surface area contributed by atoms with Crippen molar-refractivity contribution in [1.29, 1.82) is 0 Å². The summed E-state index contributed by atoms with van der Waals surface area (Å²) in [6.07, 6.45) is 2.09. The zero-order valence-corrected chi connectivity index (χ0v) is 20.0. The zero-order valence-electron chi connectivity index (χ0n) is 17.6. The van der Waals surface area contributed by atoms with Crippen molar-refractivity contribution in [3.63, 3.8) is 0 Å². The molecule has 0 saturated carbocycles. The molecule has 3 rings (SSSR count). The van der Waals surface area contributed by atoms with Gasteiger partial charge < -0.3 is 5.11 Å². The van der Waals surface area contributed by atoms with E-state index in [9.17, 15) is 18.3 Å². The Balaban J connectivity index is 1.66. The summed E-state index contributed by atoms with van der Waals surface area (Å²) < 4.78 is 28.2. The second kappa shape index (κ2) is 9.94. The molecule has 0 fully saturated rings. The van der Waals surface area contributed by atoms with Gasteiger partial charge in [-0.25, -0.2) is 17.9 Å². The normalized spacial score (nSPS) is 11.9. The molecular formula is C24H26BrNO4S. The lowest BCUT2D eigenvalue weighted by molar-refractivity contribution is 0.0698. The molecule has 31 heavy (non-hydrogen) atoms. The van der Waals surface area contributed by atoms with Crippen LogP contribution in [0.1, 0.15) is 54.1 Å². The van der Waals surface area contributed by atoms with Gasteiger partial charge in [0.25, 0.3) is 0 Å². The summed E-state index contributed by atoms with van der Waals surface area (Å²) in [5, 5.41) is 9.60. The fourth-order valence-electron chi connectivity index (χ4n) is 3.55. The van der Waals surface area contributed by atoms with E-state index in [1.165, 1.54) is 0 Å². The average Bonchev–Trinajstić information content (AvgIpc) is 2.90. The van der Waals surface area contributed by atoms with Gasteiger partial charge in [-0.2, -0.15) is 0 Å². The van der Waals surface area contributed by atoms with E-state index in [0.29, 0.717) is 30.9 Å². The lowest BCUT2D eigenvalue weighted by Gasteiger charge is -2.07. The van der Waals surface area contributed by atoms with Crippen molar-refractivity contribution in [2.24, 2.45) is 0 Å². The number of carboxylic acids is 1. The standard InChI is InChI=1S/C24H26BrNO4S/c1-16(2)17-6-12-21-18(15-23(24(27)28)22(21)13-7-17)5-3-4-14-26-31(29,30)20-10-8-19(25)9-11-20/h6-13,15-16,26H,3-5,14H2,1-2H3,(H,27,28). The predicted octanol–water partition coefficient (Wildman–Crippen LogP) is 5.68. The SMILES string of the molecule is CC(C)c1ccc2c(CCCCNS(=O)(=O)c3ccc(Br)cc3)cc(C(=O)O)c-2cc1. The first-order valence-electron chi connectivity index (χ1n) is 10.2. The summed E-state index contributed by atoms with van der Waals surface area (Å²) in [4.78, 5) is 11.9. The van der Waals surface area contributed by atoms with Gasteiger partial charge >= 0.3 is 5.97 Å². The van der Waals surface area contributed by atoms with Gasteiger partial charge in [0.2, 0.25) is 10.0 Å². The van der Waals surface area contributed by atoms with Gasteiger partial charge in [-0.1, -0.05) is 54.0 Å². The van der Waals surface area contributed by atoms with Crippen molar-refractivity contribution < 1.29 is 18.3 Å². The summed E-state index contributed by atoms with van der Waals surface area (Å²) in [7, 11) is -3.53. The van der Waals surface area contributed by atoms with Crippen molar-refractivity contribution in [2.45, 2.75) is 43.9 Å². The molecule has 0 aromatic heterocycles. The Bertz CT molecular complexity index is 1140. The first-order chi connectivity index (χ1) is 14.7. The van der Waals surface area contributed by atoms with E-state index < -0.39 is 16.0 Å². The molecule has 0 saturated heterocycles. The first kappa shape index (κ1) is 23.4. The van der Waals surface area contributed by atoms with Crippen LogP contribution < -0.4 is 4.72 Å². The number of hydrogen-bond acceptors (Lipinski definition) is 3. The molecular weight excluding hydrogens is 478 g/mol. The molecule has 5 nitrogen and oxygen atoms in total. The minimum atomic E-state index is -3.53. The molecule has 2 aliphatic rings. The Morgan fingerprint density at radius 2 is 1.65 bits per heavy atom. The maximum atomic E-state index is 12.4. The van der Waals surface area contributed by atoms with Gasteiger partial charge in [0.05, 0.1) is 10.5 Å². The van der Waals surface area contributed by atoms with Crippen molar-refractivity contribution in [1.82, 2.24) is 4.72 Å². The van der Waals surface area contributed by atoms with Crippen LogP contribution in [0.3, 0.4) is 0 Å². The molecule has 2 aliphatic carbocycles. The van der Waals surface area contributed by atoms with Crippen LogP contribution in [0.15, 0.2) is 64.0 Å². The number of fused-ring (bicyclic) bond motifs is 1. The highest BCUT2D eigenvalue weighted by Gasteiger charge is 2.19. The molecule has 0 atom stereocenters. The highest BCUT2D eigenvalue weighted by Crippen LogP contribution is 2.34. The molecule has 7 heteroatoms. The van der Waals surface area contributed by atoms with Gasteiger partial charge in [0, 0.05) is 11.0 Å². The highest BCUT2D eigenvalue weighted by atomic mass is 79.9. The third-order valence-corrected chi connectivity index (χ3v) is 7.32. The second-order valence-corrected chi connectivity index (χ2v) is 10.5. The van der Waals surface area contributed by atoms with E-state index in [0.717, 1.165) is 33.1 Å². The monoisotopic (exact) mass is 503 g/mol. The van der Waals surface area contributed by atoms with E-state index in [1.807, 2.05) is 18.2 Å². The van der Waals surface area contributed by atoms with E-state index in [4.69, 9.17) is 0 Å². The lowest BCUT2D eigenvalue weighted by Crippen LogP contribution is -2.24. The van der Waals surface area contributed by atoms with Crippen molar-refractivity contribution >= 4 is 31.9 Å². The molecule has 0 unspecified atom stereocenters. The minimum Gasteiger partial charge on any atom is -0.478 e. The fourth-order valence-corrected chi connectivity index (χ4v) is 4.89. The fraction of sp³-hybridized carbons (Fsp3) is 0.292. The smallest absolute Gasteiger partial charge is 0.336 e. The molecule has 1 aromatic rings. The Labute approximate surface area is 192 Å². The summed E-state index contributed by atoms with van der Waals surface area (Å²) >= 11 is 3.30. The number of hydrogen-bond donors (Lipinski definition) is 2. The molecule has 0 bridgehead atoms. The average molecular weight is 504 g/mol. The number of aryl methyl sites for hydroxylation is 1. The predicted molar refractivity (Wildman–Crippen MR) is 126 cm³/mol. The zero-order chi connectivity index (χ0) is 22.6. The summed E-state index contributed by atoms with van der Waals surface area (Å²) in [6, 6.07) is 16.2. The third-order valence-electron chi connectivity index (χ3n) is 5.32. The molecule has 0 spiro atoms. The Hall–Kier alpha value is -2.22. The second-order valence-electron chi connectivity index (χ2n) is 7.85. The number of carboxylic acid groups (broad SMARTS) is 1. The number of sulfonamides is 1. The largest absolute Gasteiger partial charge is 0.478 e. The quantitative estimate of drug-likeness (QED) is 0.368. The Morgan fingerprint density at radius 3 is 2.26 bits per heavy atom. The third kappa shape index (κ3) is 5.73. The highest BCUT2D eigenvalue weighted by molar-refractivity contribution is 9.10. The van der Waals surface area contributed by atoms with Crippen molar-refractivity contribution in [2.75, 3.05) is 6.54 Å². The maximum Gasteiger partial charge on any atom is 0.336 e. The number of benzene rings is 1. The Kier molecular flexibility index (Phi) is 7.51. The first-order valence-corrected chi connectivity index (χ1v) is 12.5. The van der Waals surface area contributed by atoms with Gasteiger partial charge in [-0.15, -0.1) is 0 Å². The molecule has 1 aromatic carbocycles. The molecule has 0 heterocycles. The van der Waals surface area contributed by atoms with Gasteiger partial charge in [0.1, 0.15) is 0 Å². The van der Waals surface area contributed by atoms with Gasteiger partial charge in [-0.05, 0) is 77.8 Å². The van der Waals surface area contributed by atoms with Gasteiger partial charge in [0.15, 0.2) is 0 Å². The van der Waals surface area contributed by atoms with Gasteiger partial charge in [-0.3, -0.25) is 0 Å². The number of unbranched alkanes of at least 4 members (excludes halogenated alkanes) is 1. The molecule has 164 valence electrons. The van der Waals surface area contributed by atoms with Crippen LogP contribution in [0.5, 0.6) is 0 Å². The van der Waals surface area contributed by atoms with Crippen LogP contribution >= 0.6 is 15.9 Å². The number of aromatic carboxylic acids is 1. The number of nitrogens with one attached hydrogen (secondary N) is 1. The molecule has 0 radical (unpaired) electrons. The molecule has 0 amide bonds. The van der Waals surface area contributed by atoms with E-state index in [2.05, 4.69) is 40.6 Å². The lowest BCUT2D eigenvalue weighted by atomic mass is 10.0. The van der Waals surface area contributed by atoms with E-state index in [1.54, 1.807) is 30.3 Å². The van der Waals surface area contributed by atoms with Crippen LogP contribution in [0.4, 0.5) is 0 Å². The Morgan fingerprint density at radius 1 is 1.00 bits per heavy atom. The summed E-state index contributed by atoms with van der Waals surface area (Å²) in [5.74, 6) is -0.581. The maximum absolute atomic E-state index is 12.4. The molecule has 0 aliphatic heterocycles. The topological polar surface area (TPSA) is 83.5 Å². The van der Waals surface area contributed by atoms with Crippen LogP contribution in [0.25, 0.3) is 11.1 Å². The van der Waals surface area contributed by atoms with Crippen LogP contribution in [0.2, 0.25) is 0 Å². The van der Waals surface area contributed by atoms with Crippen LogP contribution in [0, 0.1) is 0 Å². The molecule has 2 N–H and O–H groups in total. The number of halogens is 1. The number of rotatable bonds is 9. The van der Waals surface area contributed by atoms with Crippen LogP contribution in [-0.4, -0.2) is 26.0 Å². The van der Waals surface area contributed by atoms with E-state index >= 15 is 0 Å². The minimum absolute atomic E-state index is 0.234. The van der Waals surface area contributed by atoms with Crippen molar-refractivity contribution in [3.8, 4) is 11.1 Å². The van der Waals surface area contributed by atoms with E-state index in [-0.39, 0.29) is 4.90 Å². The number of carbonyl (C=O) groups is 1.